The van der Waals surface area contributed by atoms with Gasteiger partial charge in [-0.05, 0) is 26.8 Å². The second kappa shape index (κ2) is 4.24. The van der Waals surface area contributed by atoms with E-state index >= 15 is 0 Å². The highest BCUT2D eigenvalue weighted by molar-refractivity contribution is 6.11. The Labute approximate surface area is 101 Å². The van der Waals surface area contributed by atoms with E-state index in [4.69, 9.17) is 0 Å². The van der Waals surface area contributed by atoms with Gasteiger partial charge in [-0.1, -0.05) is 18.2 Å². The van der Waals surface area contributed by atoms with Gasteiger partial charge in [0.05, 0.1) is 5.56 Å². The van der Waals surface area contributed by atoms with Crippen LogP contribution in [0.25, 0.3) is 10.9 Å². The van der Waals surface area contributed by atoms with Gasteiger partial charge in [-0.25, -0.2) is 0 Å². The number of aromatic amines is 1. The molecule has 0 radical (unpaired) electrons. The molecule has 0 fully saturated rings. The Kier molecular flexibility index (Phi) is 2.92. The summed E-state index contributed by atoms with van der Waals surface area (Å²) in [6.45, 7) is 5.83. The highest BCUT2D eigenvalue weighted by Gasteiger charge is 2.19. The smallest absolute Gasteiger partial charge is 0.164 e. The number of carbonyl (C=O) groups is 1. The molecule has 1 aromatic carbocycles. The first-order chi connectivity index (χ1) is 8.02. The van der Waals surface area contributed by atoms with E-state index < -0.39 is 0 Å². The van der Waals surface area contributed by atoms with Crippen LogP contribution in [0.1, 0.15) is 31.1 Å². The van der Waals surface area contributed by atoms with Crippen molar-refractivity contribution in [1.82, 2.24) is 4.98 Å². The van der Waals surface area contributed by atoms with Crippen molar-refractivity contribution in [2.24, 2.45) is 0 Å². The van der Waals surface area contributed by atoms with E-state index in [1.807, 2.05) is 31.3 Å². The lowest BCUT2D eigenvalue weighted by molar-refractivity contribution is 0.101. The lowest BCUT2D eigenvalue weighted by Crippen LogP contribution is -2.27. The SMILES string of the molecule is CC(=O)c1c(N(C)C(C)C)[nH]c2ccccc12. The number of carbonyl (C=O) groups excluding carboxylic acids is 1. The number of benzene rings is 1. The molecule has 2 rings (SSSR count). The highest BCUT2D eigenvalue weighted by Crippen LogP contribution is 2.29. The van der Waals surface area contributed by atoms with E-state index in [1.54, 1.807) is 6.92 Å². The molecule has 0 saturated heterocycles. The first-order valence-electron chi connectivity index (χ1n) is 5.87. The van der Waals surface area contributed by atoms with Crippen LogP contribution in [0.4, 0.5) is 5.82 Å². The molecule has 3 nitrogen and oxygen atoms in total. The number of fused-ring (bicyclic) bond motifs is 1. The molecule has 0 atom stereocenters. The Balaban J connectivity index is 2.70. The number of hydrogen-bond donors (Lipinski definition) is 1. The molecule has 0 bridgehead atoms. The zero-order valence-corrected chi connectivity index (χ0v) is 10.7. The number of aromatic nitrogens is 1. The molecule has 17 heavy (non-hydrogen) atoms. The maximum atomic E-state index is 11.8. The Hall–Kier alpha value is -1.77. The van der Waals surface area contributed by atoms with Gasteiger partial charge in [0, 0.05) is 24.0 Å². The lowest BCUT2D eigenvalue weighted by atomic mass is 10.1. The summed E-state index contributed by atoms with van der Waals surface area (Å²) >= 11 is 0. The van der Waals surface area contributed by atoms with Gasteiger partial charge in [0.1, 0.15) is 5.82 Å². The Morgan fingerprint density at radius 2 is 1.94 bits per heavy atom. The maximum absolute atomic E-state index is 11.8. The van der Waals surface area contributed by atoms with Crippen LogP contribution in [0.5, 0.6) is 0 Å². The summed E-state index contributed by atoms with van der Waals surface area (Å²) in [6.07, 6.45) is 0. The monoisotopic (exact) mass is 230 g/mol. The molecular weight excluding hydrogens is 212 g/mol. The third kappa shape index (κ3) is 1.93. The van der Waals surface area contributed by atoms with Gasteiger partial charge >= 0.3 is 0 Å². The second-order valence-corrected chi connectivity index (χ2v) is 4.66. The van der Waals surface area contributed by atoms with Gasteiger partial charge in [-0.3, -0.25) is 4.79 Å². The van der Waals surface area contributed by atoms with Crippen LogP contribution in [0.3, 0.4) is 0 Å². The molecule has 0 aliphatic rings. The number of ketones is 1. The van der Waals surface area contributed by atoms with Crippen LogP contribution in [-0.4, -0.2) is 23.9 Å². The van der Waals surface area contributed by atoms with E-state index in [9.17, 15) is 4.79 Å². The van der Waals surface area contributed by atoms with Crippen molar-refractivity contribution in [2.75, 3.05) is 11.9 Å². The molecule has 0 spiro atoms. The summed E-state index contributed by atoms with van der Waals surface area (Å²) in [4.78, 5) is 17.2. The fourth-order valence-corrected chi connectivity index (χ4v) is 2.01. The molecule has 0 saturated carbocycles. The van der Waals surface area contributed by atoms with Gasteiger partial charge in [-0.15, -0.1) is 0 Å². The Bertz CT molecular complexity index is 554. The summed E-state index contributed by atoms with van der Waals surface area (Å²) in [5, 5.41) is 1.00. The van der Waals surface area contributed by atoms with Crippen LogP contribution < -0.4 is 4.90 Å². The summed E-state index contributed by atoms with van der Waals surface area (Å²) in [5.74, 6) is 1.01. The summed E-state index contributed by atoms with van der Waals surface area (Å²) in [6, 6.07) is 8.27. The zero-order valence-electron chi connectivity index (χ0n) is 10.7. The van der Waals surface area contributed by atoms with E-state index in [2.05, 4.69) is 23.7 Å². The molecule has 90 valence electrons. The highest BCUT2D eigenvalue weighted by atomic mass is 16.1. The molecule has 0 aliphatic heterocycles. The van der Waals surface area contributed by atoms with Crippen molar-refractivity contribution in [3.05, 3.63) is 29.8 Å². The summed E-state index contributed by atoms with van der Waals surface area (Å²) in [5.41, 5.74) is 1.80. The first kappa shape index (κ1) is 11.7. The molecule has 1 N–H and O–H groups in total. The molecule has 3 heteroatoms. The van der Waals surface area contributed by atoms with Crippen molar-refractivity contribution in [3.8, 4) is 0 Å². The third-order valence-electron chi connectivity index (χ3n) is 3.17. The molecule has 0 aliphatic carbocycles. The largest absolute Gasteiger partial charge is 0.358 e. The minimum absolute atomic E-state index is 0.102. The lowest BCUT2D eigenvalue weighted by Gasteiger charge is -2.23. The molecule has 2 aromatic rings. The predicted octanol–water partition coefficient (Wildman–Crippen LogP) is 3.22. The van der Waals surface area contributed by atoms with Crippen LogP contribution in [0, 0.1) is 0 Å². The predicted molar refractivity (Wildman–Crippen MR) is 71.8 cm³/mol. The minimum Gasteiger partial charge on any atom is -0.358 e. The topological polar surface area (TPSA) is 36.1 Å². The van der Waals surface area contributed by atoms with Crippen molar-refractivity contribution >= 4 is 22.5 Å². The Morgan fingerprint density at radius 3 is 2.53 bits per heavy atom. The normalized spacial score (nSPS) is 11.1. The quantitative estimate of drug-likeness (QED) is 0.822. The number of para-hydroxylation sites is 1. The number of nitrogens with zero attached hydrogens (tertiary/aromatic N) is 1. The van der Waals surface area contributed by atoms with Crippen LogP contribution in [-0.2, 0) is 0 Å². The van der Waals surface area contributed by atoms with Crippen LogP contribution in [0.15, 0.2) is 24.3 Å². The summed E-state index contributed by atoms with van der Waals surface area (Å²) in [7, 11) is 2.00. The van der Waals surface area contributed by atoms with Crippen molar-refractivity contribution in [1.29, 1.82) is 0 Å². The molecule has 0 unspecified atom stereocenters. The van der Waals surface area contributed by atoms with Gasteiger partial charge in [0.15, 0.2) is 5.78 Å². The van der Waals surface area contributed by atoms with E-state index in [1.165, 1.54) is 0 Å². The van der Waals surface area contributed by atoms with Crippen LogP contribution in [0.2, 0.25) is 0 Å². The number of Topliss-reactive ketones (excluding diaryl/α,β-unsaturated/α-hetero) is 1. The number of anilines is 1. The Morgan fingerprint density at radius 1 is 1.29 bits per heavy atom. The number of nitrogens with one attached hydrogen (secondary N) is 1. The fourth-order valence-electron chi connectivity index (χ4n) is 2.01. The van der Waals surface area contributed by atoms with Gasteiger partial charge in [-0.2, -0.15) is 0 Å². The second-order valence-electron chi connectivity index (χ2n) is 4.66. The average Bonchev–Trinajstić information content (AvgIpc) is 2.66. The maximum Gasteiger partial charge on any atom is 0.164 e. The molecule has 0 amide bonds. The number of H-pyrrole nitrogens is 1. The third-order valence-corrected chi connectivity index (χ3v) is 3.17. The van der Waals surface area contributed by atoms with E-state index in [-0.39, 0.29) is 5.78 Å². The summed E-state index contributed by atoms with van der Waals surface area (Å²) < 4.78 is 0. The van der Waals surface area contributed by atoms with Gasteiger partial charge in [0.2, 0.25) is 0 Å². The molecule has 1 heterocycles. The van der Waals surface area contributed by atoms with E-state index in [0.717, 1.165) is 22.3 Å². The standard InChI is InChI=1S/C14H18N2O/c1-9(2)16(4)14-13(10(3)17)11-7-5-6-8-12(11)15-14/h5-9,15H,1-4H3. The van der Waals surface area contributed by atoms with Gasteiger partial charge in [0.25, 0.3) is 0 Å². The van der Waals surface area contributed by atoms with E-state index in [0.29, 0.717) is 6.04 Å². The zero-order chi connectivity index (χ0) is 12.6. The van der Waals surface area contributed by atoms with Crippen LogP contribution >= 0.6 is 0 Å². The first-order valence-corrected chi connectivity index (χ1v) is 5.87. The number of hydrogen-bond acceptors (Lipinski definition) is 2. The minimum atomic E-state index is 0.102. The van der Waals surface area contributed by atoms with Crippen molar-refractivity contribution in [2.45, 2.75) is 26.8 Å². The number of rotatable bonds is 3. The molecule has 1 aromatic heterocycles. The fraction of sp³-hybridized carbons (Fsp3) is 0.357. The van der Waals surface area contributed by atoms with Gasteiger partial charge < -0.3 is 9.88 Å². The van der Waals surface area contributed by atoms with Crippen molar-refractivity contribution in [3.63, 3.8) is 0 Å². The molecular formula is C14H18N2O. The average molecular weight is 230 g/mol. The van der Waals surface area contributed by atoms with Crippen molar-refractivity contribution < 1.29 is 4.79 Å².